The van der Waals surface area contributed by atoms with E-state index >= 15 is 0 Å². The molecule has 0 saturated heterocycles. The molecule has 1 rings (SSSR count). The summed E-state index contributed by atoms with van der Waals surface area (Å²) in [5.74, 6) is -2.62. The number of carbonyl (C=O) groups is 2. The zero-order valence-electron chi connectivity index (χ0n) is 9.94. The number of amides is 2. The molecule has 0 aliphatic rings. The number of anilines is 1. The number of benzene rings is 1. The van der Waals surface area contributed by atoms with Crippen molar-refractivity contribution in [3.05, 3.63) is 29.8 Å². The molecule has 3 N–H and O–H groups in total. The van der Waals surface area contributed by atoms with E-state index in [0.29, 0.717) is 6.07 Å². The van der Waals surface area contributed by atoms with Crippen LogP contribution in [0.5, 0.6) is 0 Å². The van der Waals surface area contributed by atoms with E-state index in [9.17, 15) is 23.5 Å². The van der Waals surface area contributed by atoms with E-state index in [1.807, 2.05) is 0 Å². The molecule has 0 heterocycles. The molecule has 0 bridgehead atoms. The van der Waals surface area contributed by atoms with Crippen LogP contribution >= 0.6 is 0 Å². The number of esters is 1. The second kappa shape index (κ2) is 6.64. The van der Waals surface area contributed by atoms with E-state index in [4.69, 9.17) is 0 Å². The van der Waals surface area contributed by atoms with Gasteiger partial charge in [0.1, 0.15) is 11.6 Å². The number of nitrogens with one attached hydrogen (secondary N) is 2. The van der Waals surface area contributed by atoms with Gasteiger partial charge in [-0.2, -0.15) is 0 Å². The molecule has 1 aromatic carbocycles. The van der Waals surface area contributed by atoms with Crippen molar-refractivity contribution in [3.8, 4) is 0 Å². The number of urea groups is 1. The molecule has 19 heavy (non-hydrogen) atoms. The van der Waals surface area contributed by atoms with Gasteiger partial charge in [0.2, 0.25) is 0 Å². The maximum atomic E-state index is 13.2. The van der Waals surface area contributed by atoms with Gasteiger partial charge in [-0.25, -0.2) is 18.4 Å². The lowest BCUT2D eigenvalue weighted by Gasteiger charge is -2.11. The second-order valence-electron chi connectivity index (χ2n) is 3.50. The molecule has 0 aromatic heterocycles. The number of aliphatic hydroxyl groups is 1. The highest BCUT2D eigenvalue weighted by atomic mass is 19.1. The molecule has 1 atom stereocenters. The standard InChI is InChI=1S/C11H12F2N2O4/c1-19-10(17)9(16)5-14-11(18)15-8-3-2-6(12)4-7(8)13/h2-4,9,16H,5H2,1H3,(H2,14,15,18). The number of carbonyl (C=O) groups excluding carboxylic acids is 2. The first-order valence-corrected chi connectivity index (χ1v) is 5.20. The molecule has 104 valence electrons. The summed E-state index contributed by atoms with van der Waals surface area (Å²) in [6, 6.07) is 1.77. The van der Waals surface area contributed by atoms with E-state index in [-0.39, 0.29) is 5.69 Å². The Kier molecular flexibility index (Phi) is 5.19. The highest BCUT2D eigenvalue weighted by molar-refractivity contribution is 5.89. The van der Waals surface area contributed by atoms with Crippen molar-refractivity contribution >= 4 is 17.7 Å². The lowest BCUT2D eigenvalue weighted by molar-refractivity contribution is -0.149. The average Bonchev–Trinajstić information content (AvgIpc) is 2.38. The SMILES string of the molecule is COC(=O)C(O)CNC(=O)Nc1ccc(F)cc1F. The monoisotopic (exact) mass is 274 g/mol. The zero-order valence-corrected chi connectivity index (χ0v) is 9.94. The van der Waals surface area contributed by atoms with Crippen LogP contribution < -0.4 is 10.6 Å². The Hall–Kier alpha value is -2.22. The average molecular weight is 274 g/mol. The summed E-state index contributed by atoms with van der Waals surface area (Å²) in [5.41, 5.74) is -0.230. The molecule has 0 aliphatic heterocycles. The Morgan fingerprint density at radius 3 is 2.68 bits per heavy atom. The first kappa shape index (κ1) is 14.8. The highest BCUT2D eigenvalue weighted by Crippen LogP contribution is 2.14. The summed E-state index contributed by atoms with van der Waals surface area (Å²) >= 11 is 0. The van der Waals surface area contributed by atoms with Crippen LogP contribution in [-0.4, -0.2) is 36.9 Å². The summed E-state index contributed by atoms with van der Waals surface area (Å²) in [7, 11) is 1.08. The summed E-state index contributed by atoms with van der Waals surface area (Å²) in [6.07, 6.45) is -1.52. The normalized spacial score (nSPS) is 11.6. The Balaban J connectivity index is 2.49. The van der Waals surface area contributed by atoms with E-state index in [0.717, 1.165) is 19.2 Å². The number of rotatable bonds is 4. The maximum absolute atomic E-state index is 13.2. The Morgan fingerprint density at radius 2 is 2.11 bits per heavy atom. The Labute approximate surface area is 107 Å². The number of hydrogen-bond donors (Lipinski definition) is 3. The third-order valence-electron chi connectivity index (χ3n) is 2.11. The molecule has 0 radical (unpaired) electrons. The fourth-order valence-electron chi connectivity index (χ4n) is 1.17. The van der Waals surface area contributed by atoms with Crippen molar-refractivity contribution < 1.29 is 28.2 Å². The van der Waals surface area contributed by atoms with Crippen molar-refractivity contribution in [1.82, 2.24) is 5.32 Å². The number of methoxy groups -OCH3 is 1. The van der Waals surface area contributed by atoms with Crippen LogP contribution in [0.2, 0.25) is 0 Å². The largest absolute Gasteiger partial charge is 0.467 e. The van der Waals surface area contributed by atoms with Crippen molar-refractivity contribution in [2.45, 2.75) is 6.10 Å². The molecule has 1 unspecified atom stereocenters. The van der Waals surface area contributed by atoms with E-state index in [1.54, 1.807) is 0 Å². The van der Waals surface area contributed by atoms with Crippen molar-refractivity contribution in [2.24, 2.45) is 0 Å². The molecule has 1 aromatic rings. The van der Waals surface area contributed by atoms with Gasteiger partial charge in [0.25, 0.3) is 0 Å². The number of ether oxygens (including phenoxy) is 1. The van der Waals surface area contributed by atoms with Gasteiger partial charge in [-0.15, -0.1) is 0 Å². The highest BCUT2D eigenvalue weighted by Gasteiger charge is 2.16. The molecule has 2 amide bonds. The Morgan fingerprint density at radius 1 is 1.42 bits per heavy atom. The predicted octanol–water partition coefficient (Wildman–Crippen LogP) is 0.620. The summed E-state index contributed by atoms with van der Waals surface area (Å²) in [5, 5.41) is 13.4. The minimum Gasteiger partial charge on any atom is -0.467 e. The molecular formula is C11H12F2N2O4. The summed E-state index contributed by atoms with van der Waals surface area (Å²) in [6.45, 7) is -0.401. The van der Waals surface area contributed by atoms with Crippen LogP contribution in [-0.2, 0) is 9.53 Å². The maximum Gasteiger partial charge on any atom is 0.336 e. The van der Waals surface area contributed by atoms with Crippen LogP contribution in [0.3, 0.4) is 0 Å². The topological polar surface area (TPSA) is 87.7 Å². The number of aliphatic hydroxyl groups excluding tert-OH is 1. The van der Waals surface area contributed by atoms with Crippen molar-refractivity contribution in [3.63, 3.8) is 0 Å². The van der Waals surface area contributed by atoms with Gasteiger partial charge < -0.3 is 20.5 Å². The number of halogens is 2. The van der Waals surface area contributed by atoms with Crippen LogP contribution in [0.25, 0.3) is 0 Å². The predicted molar refractivity (Wildman–Crippen MR) is 61.4 cm³/mol. The zero-order chi connectivity index (χ0) is 14.4. The smallest absolute Gasteiger partial charge is 0.336 e. The van der Waals surface area contributed by atoms with Gasteiger partial charge in [-0.05, 0) is 12.1 Å². The van der Waals surface area contributed by atoms with Gasteiger partial charge in [-0.1, -0.05) is 0 Å². The molecule has 6 nitrogen and oxygen atoms in total. The van der Waals surface area contributed by atoms with Crippen LogP contribution in [0.1, 0.15) is 0 Å². The summed E-state index contributed by atoms with van der Waals surface area (Å²) in [4.78, 5) is 22.1. The van der Waals surface area contributed by atoms with Gasteiger partial charge in [-0.3, -0.25) is 0 Å². The van der Waals surface area contributed by atoms with Crippen molar-refractivity contribution in [2.75, 3.05) is 19.0 Å². The lowest BCUT2D eigenvalue weighted by Crippen LogP contribution is -2.39. The minimum atomic E-state index is -1.52. The quantitative estimate of drug-likeness (QED) is 0.702. The minimum absolute atomic E-state index is 0.230. The summed E-state index contributed by atoms with van der Waals surface area (Å²) < 4.78 is 30.0. The third-order valence-corrected chi connectivity index (χ3v) is 2.11. The lowest BCUT2D eigenvalue weighted by atomic mass is 10.3. The molecule has 0 aliphatic carbocycles. The molecular weight excluding hydrogens is 262 g/mol. The van der Waals surface area contributed by atoms with E-state index < -0.39 is 36.3 Å². The van der Waals surface area contributed by atoms with Crippen LogP contribution in [0, 0.1) is 11.6 Å². The molecule has 0 spiro atoms. The van der Waals surface area contributed by atoms with Gasteiger partial charge in [0.15, 0.2) is 6.10 Å². The number of hydrogen-bond acceptors (Lipinski definition) is 4. The fourth-order valence-corrected chi connectivity index (χ4v) is 1.17. The first-order chi connectivity index (χ1) is 8.93. The van der Waals surface area contributed by atoms with Gasteiger partial charge >= 0.3 is 12.0 Å². The molecule has 8 heteroatoms. The third kappa shape index (κ3) is 4.51. The Bertz CT molecular complexity index is 482. The van der Waals surface area contributed by atoms with Crippen molar-refractivity contribution in [1.29, 1.82) is 0 Å². The fraction of sp³-hybridized carbons (Fsp3) is 0.273. The first-order valence-electron chi connectivity index (χ1n) is 5.20. The molecule has 0 saturated carbocycles. The van der Waals surface area contributed by atoms with Crippen LogP contribution in [0.4, 0.5) is 19.3 Å². The van der Waals surface area contributed by atoms with E-state index in [2.05, 4.69) is 15.4 Å². The van der Waals surface area contributed by atoms with E-state index in [1.165, 1.54) is 0 Å². The second-order valence-corrected chi connectivity index (χ2v) is 3.50. The van der Waals surface area contributed by atoms with Crippen LogP contribution in [0.15, 0.2) is 18.2 Å². The molecule has 0 fully saturated rings. The van der Waals surface area contributed by atoms with Gasteiger partial charge in [0.05, 0.1) is 19.3 Å². The van der Waals surface area contributed by atoms with Gasteiger partial charge in [0, 0.05) is 6.07 Å².